The minimum absolute atomic E-state index is 0.00880. The third kappa shape index (κ3) is 2.07. The molecule has 2 heterocycles. The first-order chi connectivity index (χ1) is 9.25. The second-order valence-electron chi connectivity index (χ2n) is 5.07. The van der Waals surface area contributed by atoms with Gasteiger partial charge in [0.05, 0.1) is 5.41 Å². The first-order valence-corrected chi connectivity index (χ1v) is 6.56. The number of hydrogen-bond acceptors (Lipinski definition) is 4. The van der Waals surface area contributed by atoms with E-state index in [1.165, 1.54) is 0 Å². The highest BCUT2D eigenvalue weighted by molar-refractivity contribution is 6.01. The number of Topliss-reactive ketones (excluding diaryl/α,β-unsaturated/α-hetero) is 1. The maximum atomic E-state index is 12.7. The Bertz CT molecular complexity index is 563. The molecule has 0 spiro atoms. The van der Waals surface area contributed by atoms with Crippen molar-refractivity contribution < 1.29 is 13.9 Å². The molecule has 1 saturated heterocycles. The van der Waals surface area contributed by atoms with Gasteiger partial charge in [0.1, 0.15) is 5.58 Å². The van der Waals surface area contributed by atoms with Crippen LogP contribution in [0.1, 0.15) is 23.4 Å². The lowest BCUT2D eigenvalue weighted by Gasteiger charge is -2.33. The Morgan fingerprint density at radius 2 is 2.00 bits per heavy atom. The van der Waals surface area contributed by atoms with Gasteiger partial charge in [0.25, 0.3) is 0 Å². The number of fused-ring (bicyclic) bond motifs is 1. The molecular weight excluding hydrogens is 242 g/mol. The van der Waals surface area contributed by atoms with Crippen LogP contribution in [-0.4, -0.2) is 25.5 Å². The first kappa shape index (κ1) is 12.4. The van der Waals surface area contributed by atoms with Gasteiger partial charge >= 0.3 is 0 Å². The molecule has 4 nitrogen and oxygen atoms in total. The van der Waals surface area contributed by atoms with Crippen LogP contribution in [0.4, 0.5) is 0 Å². The van der Waals surface area contributed by atoms with E-state index in [-0.39, 0.29) is 5.78 Å². The first-order valence-electron chi connectivity index (χ1n) is 6.56. The molecule has 1 aliphatic heterocycles. The standard InChI is InChI=1S/C15H17NO3/c16-10-15(5-7-18-8-6-15)14(17)13-9-11-3-1-2-4-12(11)19-13/h1-4,9H,5-8,10,16H2. The van der Waals surface area contributed by atoms with E-state index in [4.69, 9.17) is 14.9 Å². The monoisotopic (exact) mass is 259 g/mol. The van der Waals surface area contributed by atoms with Gasteiger partial charge in [-0.3, -0.25) is 4.79 Å². The number of benzene rings is 1. The van der Waals surface area contributed by atoms with Gasteiger partial charge < -0.3 is 14.9 Å². The van der Waals surface area contributed by atoms with Crippen LogP contribution in [0.5, 0.6) is 0 Å². The van der Waals surface area contributed by atoms with E-state index in [9.17, 15) is 4.79 Å². The van der Waals surface area contributed by atoms with Crippen molar-refractivity contribution in [3.63, 3.8) is 0 Å². The molecule has 3 rings (SSSR count). The van der Waals surface area contributed by atoms with Crippen molar-refractivity contribution in [1.29, 1.82) is 0 Å². The van der Waals surface area contributed by atoms with Crippen molar-refractivity contribution in [2.24, 2.45) is 11.1 Å². The number of rotatable bonds is 3. The molecular formula is C15H17NO3. The third-order valence-corrected chi connectivity index (χ3v) is 3.97. The zero-order valence-electron chi connectivity index (χ0n) is 10.7. The third-order valence-electron chi connectivity index (χ3n) is 3.97. The van der Waals surface area contributed by atoms with E-state index < -0.39 is 5.41 Å². The van der Waals surface area contributed by atoms with E-state index in [1.54, 1.807) is 0 Å². The van der Waals surface area contributed by atoms with Crippen LogP contribution < -0.4 is 5.73 Å². The lowest BCUT2D eigenvalue weighted by molar-refractivity contribution is 0.0185. The van der Waals surface area contributed by atoms with Gasteiger partial charge in [-0.2, -0.15) is 0 Å². The zero-order valence-corrected chi connectivity index (χ0v) is 10.7. The Labute approximate surface area is 111 Å². The van der Waals surface area contributed by atoms with Crippen LogP contribution in [-0.2, 0) is 4.74 Å². The van der Waals surface area contributed by atoms with Crippen molar-refractivity contribution >= 4 is 16.8 Å². The van der Waals surface area contributed by atoms with Crippen LogP contribution >= 0.6 is 0 Å². The number of carbonyl (C=O) groups is 1. The van der Waals surface area contributed by atoms with Crippen molar-refractivity contribution in [3.05, 3.63) is 36.1 Å². The number of ether oxygens (including phenoxy) is 1. The molecule has 0 amide bonds. The molecule has 0 unspecified atom stereocenters. The van der Waals surface area contributed by atoms with E-state index in [2.05, 4.69) is 0 Å². The van der Waals surface area contributed by atoms with Crippen molar-refractivity contribution in [1.82, 2.24) is 0 Å². The fraction of sp³-hybridized carbons (Fsp3) is 0.400. The van der Waals surface area contributed by atoms with E-state index in [0.717, 1.165) is 11.0 Å². The average molecular weight is 259 g/mol. The second-order valence-corrected chi connectivity index (χ2v) is 5.07. The van der Waals surface area contributed by atoms with Crippen molar-refractivity contribution in [3.8, 4) is 0 Å². The topological polar surface area (TPSA) is 65.5 Å². The highest BCUT2D eigenvalue weighted by atomic mass is 16.5. The lowest BCUT2D eigenvalue weighted by atomic mass is 9.75. The van der Waals surface area contributed by atoms with Crippen LogP contribution in [0.2, 0.25) is 0 Å². The molecule has 1 aromatic carbocycles. The van der Waals surface area contributed by atoms with E-state index in [0.29, 0.717) is 38.4 Å². The van der Waals surface area contributed by atoms with Crippen LogP contribution in [0.3, 0.4) is 0 Å². The van der Waals surface area contributed by atoms with Gasteiger partial charge in [-0.1, -0.05) is 18.2 Å². The molecule has 0 aliphatic carbocycles. The summed E-state index contributed by atoms with van der Waals surface area (Å²) in [6, 6.07) is 9.44. The molecule has 1 fully saturated rings. The summed E-state index contributed by atoms with van der Waals surface area (Å²) in [7, 11) is 0. The Morgan fingerprint density at radius 1 is 1.26 bits per heavy atom. The minimum atomic E-state index is -0.522. The summed E-state index contributed by atoms with van der Waals surface area (Å²) in [6.45, 7) is 1.51. The Morgan fingerprint density at radius 3 is 2.68 bits per heavy atom. The quantitative estimate of drug-likeness (QED) is 0.859. The summed E-state index contributed by atoms with van der Waals surface area (Å²) in [5.41, 5.74) is 6.07. The molecule has 0 atom stereocenters. The minimum Gasteiger partial charge on any atom is -0.453 e. The normalized spacial score (nSPS) is 18.6. The maximum absolute atomic E-state index is 12.7. The van der Waals surface area contributed by atoms with Gasteiger partial charge in [-0.25, -0.2) is 0 Å². The maximum Gasteiger partial charge on any atom is 0.205 e. The number of furan rings is 1. The molecule has 100 valence electrons. The molecule has 2 N–H and O–H groups in total. The fourth-order valence-electron chi connectivity index (χ4n) is 2.64. The molecule has 0 bridgehead atoms. The molecule has 0 radical (unpaired) electrons. The SMILES string of the molecule is NCC1(C(=O)c2cc3ccccc3o2)CCOCC1. The fourth-order valence-corrected chi connectivity index (χ4v) is 2.64. The van der Waals surface area contributed by atoms with Crippen molar-refractivity contribution in [2.45, 2.75) is 12.8 Å². The van der Waals surface area contributed by atoms with Gasteiger partial charge in [0, 0.05) is 25.1 Å². The second kappa shape index (κ2) is 4.79. The molecule has 0 saturated carbocycles. The van der Waals surface area contributed by atoms with Crippen LogP contribution in [0.15, 0.2) is 34.7 Å². The summed E-state index contributed by atoms with van der Waals surface area (Å²) >= 11 is 0. The lowest BCUT2D eigenvalue weighted by Crippen LogP contribution is -2.43. The Hall–Kier alpha value is -1.65. The summed E-state index contributed by atoms with van der Waals surface area (Å²) in [5.74, 6) is 0.419. The summed E-state index contributed by atoms with van der Waals surface area (Å²) < 4.78 is 11.0. The molecule has 19 heavy (non-hydrogen) atoms. The van der Waals surface area contributed by atoms with E-state index in [1.807, 2.05) is 30.3 Å². The molecule has 4 heteroatoms. The van der Waals surface area contributed by atoms with Crippen LogP contribution in [0, 0.1) is 5.41 Å². The average Bonchev–Trinajstić information content (AvgIpc) is 2.91. The van der Waals surface area contributed by atoms with E-state index >= 15 is 0 Å². The van der Waals surface area contributed by atoms with Gasteiger partial charge in [-0.05, 0) is 25.0 Å². The summed E-state index contributed by atoms with van der Waals surface area (Å²) in [4.78, 5) is 12.7. The Balaban J connectivity index is 1.97. The Kier molecular flexibility index (Phi) is 3.12. The molecule has 1 aliphatic rings. The predicted octanol–water partition coefficient (Wildman–Crippen LogP) is 2.37. The highest BCUT2D eigenvalue weighted by Crippen LogP contribution is 2.34. The number of hydrogen-bond donors (Lipinski definition) is 1. The van der Waals surface area contributed by atoms with Crippen molar-refractivity contribution in [2.75, 3.05) is 19.8 Å². The summed E-state index contributed by atoms with van der Waals surface area (Å²) in [5, 5.41) is 0.949. The van der Waals surface area contributed by atoms with Gasteiger partial charge in [0.2, 0.25) is 5.78 Å². The highest BCUT2D eigenvalue weighted by Gasteiger charge is 2.40. The molecule has 1 aromatic heterocycles. The summed E-state index contributed by atoms with van der Waals surface area (Å²) in [6.07, 6.45) is 1.33. The van der Waals surface area contributed by atoms with Crippen LogP contribution in [0.25, 0.3) is 11.0 Å². The number of ketones is 1. The number of nitrogens with two attached hydrogens (primary N) is 1. The zero-order chi connectivity index (χ0) is 13.3. The smallest absolute Gasteiger partial charge is 0.205 e. The van der Waals surface area contributed by atoms with Gasteiger partial charge in [0.15, 0.2) is 5.76 Å². The molecule has 2 aromatic rings. The van der Waals surface area contributed by atoms with Gasteiger partial charge in [-0.15, -0.1) is 0 Å². The largest absolute Gasteiger partial charge is 0.453 e. The number of carbonyl (C=O) groups excluding carboxylic acids is 1. The number of para-hydroxylation sites is 1. The predicted molar refractivity (Wildman–Crippen MR) is 72.1 cm³/mol.